The van der Waals surface area contributed by atoms with Crippen LogP contribution in [0.2, 0.25) is 0 Å². The largest absolute Gasteiger partial charge is 0.497 e. The summed E-state index contributed by atoms with van der Waals surface area (Å²) in [5, 5.41) is 0. The van der Waals surface area contributed by atoms with Gasteiger partial charge in [0.2, 0.25) is 0 Å². The van der Waals surface area contributed by atoms with E-state index in [-0.39, 0.29) is 5.78 Å². The predicted molar refractivity (Wildman–Crippen MR) is 82.2 cm³/mol. The molecular weight excluding hydrogens is 248 g/mol. The molecule has 0 amide bonds. The normalized spacial score (nSPS) is 10.7. The number of ether oxygens (including phenoxy) is 1. The van der Waals surface area contributed by atoms with E-state index in [2.05, 4.69) is 6.92 Å². The lowest BCUT2D eigenvalue weighted by Gasteiger charge is -2.00. The van der Waals surface area contributed by atoms with Crippen molar-refractivity contribution in [1.29, 1.82) is 0 Å². The molecule has 0 heterocycles. The third kappa shape index (κ3) is 3.58. The van der Waals surface area contributed by atoms with Crippen LogP contribution in [-0.4, -0.2) is 12.9 Å². The topological polar surface area (TPSA) is 26.3 Å². The molecule has 2 aromatic carbocycles. The molecule has 0 N–H and O–H groups in total. The van der Waals surface area contributed by atoms with E-state index in [9.17, 15) is 4.79 Å². The van der Waals surface area contributed by atoms with Gasteiger partial charge in [0.15, 0.2) is 5.78 Å². The molecular formula is C18H18O2. The predicted octanol–water partition coefficient (Wildman–Crippen LogP) is 4.15. The molecule has 0 aliphatic heterocycles. The summed E-state index contributed by atoms with van der Waals surface area (Å²) in [5.41, 5.74) is 2.93. The zero-order valence-corrected chi connectivity index (χ0v) is 11.8. The van der Waals surface area contributed by atoms with Crippen LogP contribution in [0, 0.1) is 0 Å². The summed E-state index contributed by atoms with van der Waals surface area (Å²) in [4.78, 5) is 12.0. The minimum Gasteiger partial charge on any atom is -0.497 e. The zero-order chi connectivity index (χ0) is 14.4. The van der Waals surface area contributed by atoms with Gasteiger partial charge in [0.1, 0.15) is 5.75 Å². The molecule has 20 heavy (non-hydrogen) atoms. The fourth-order valence-electron chi connectivity index (χ4n) is 1.89. The van der Waals surface area contributed by atoms with Crippen LogP contribution in [0.25, 0.3) is 6.08 Å². The van der Waals surface area contributed by atoms with Crippen LogP contribution in [0.1, 0.15) is 28.4 Å². The standard InChI is InChI=1S/C18H18O2/c1-3-14-4-9-16(10-5-14)18(19)13-8-15-6-11-17(20-2)12-7-15/h4-13H,3H2,1-2H3/b13-8+. The van der Waals surface area contributed by atoms with Crippen molar-refractivity contribution in [3.8, 4) is 5.75 Å². The second kappa shape index (κ2) is 6.71. The molecule has 0 bridgehead atoms. The second-order valence-electron chi connectivity index (χ2n) is 4.52. The monoisotopic (exact) mass is 266 g/mol. The number of benzene rings is 2. The maximum absolute atomic E-state index is 12.0. The lowest BCUT2D eigenvalue weighted by Crippen LogP contribution is -1.94. The molecule has 0 spiro atoms. The Morgan fingerprint density at radius 1 is 1.05 bits per heavy atom. The lowest BCUT2D eigenvalue weighted by atomic mass is 10.1. The Labute approximate surface area is 119 Å². The van der Waals surface area contributed by atoms with Crippen LogP contribution in [-0.2, 0) is 6.42 Å². The maximum atomic E-state index is 12.0. The van der Waals surface area contributed by atoms with E-state index in [0.29, 0.717) is 5.56 Å². The SMILES string of the molecule is CCc1ccc(C(=O)/C=C/c2ccc(OC)cc2)cc1. The Balaban J connectivity index is 2.07. The van der Waals surface area contributed by atoms with Crippen molar-refractivity contribution in [2.75, 3.05) is 7.11 Å². The maximum Gasteiger partial charge on any atom is 0.185 e. The molecule has 102 valence electrons. The molecule has 2 heteroatoms. The van der Waals surface area contributed by atoms with E-state index in [4.69, 9.17) is 4.74 Å². The first kappa shape index (κ1) is 14.1. The minimum absolute atomic E-state index is 0.0171. The van der Waals surface area contributed by atoms with Crippen LogP contribution in [0.15, 0.2) is 54.6 Å². The number of carbonyl (C=O) groups excluding carboxylic acids is 1. The molecule has 2 aromatic rings. The zero-order valence-electron chi connectivity index (χ0n) is 11.8. The summed E-state index contributed by atoms with van der Waals surface area (Å²) in [6.07, 6.45) is 4.40. The van der Waals surface area contributed by atoms with Crippen molar-refractivity contribution in [1.82, 2.24) is 0 Å². The highest BCUT2D eigenvalue weighted by Crippen LogP contribution is 2.13. The number of methoxy groups -OCH3 is 1. The van der Waals surface area contributed by atoms with Crippen molar-refractivity contribution in [3.63, 3.8) is 0 Å². The van der Waals surface area contributed by atoms with Crippen molar-refractivity contribution < 1.29 is 9.53 Å². The summed E-state index contributed by atoms with van der Waals surface area (Å²) in [6.45, 7) is 2.10. The average Bonchev–Trinajstić information content (AvgIpc) is 2.53. The van der Waals surface area contributed by atoms with Gasteiger partial charge < -0.3 is 4.74 Å². The van der Waals surface area contributed by atoms with Crippen molar-refractivity contribution >= 4 is 11.9 Å². The van der Waals surface area contributed by atoms with Gasteiger partial charge in [-0.15, -0.1) is 0 Å². The molecule has 0 radical (unpaired) electrons. The number of rotatable bonds is 5. The van der Waals surface area contributed by atoms with Gasteiger partial charge in [0.25, 0.3) is 0 Å². The van der Waals surface area contributed by atoms with Crippen LogP contribution in [0.3, 0.4) is 0 Å². The van der Waals surface area contributed by atoms with Gasteiger partial charge in [0, 0.05) is 5.56 Å². The first-order chi connectivity index (χ1) is 9.72. The summed E-state index contributed by atoms with van der Waals surface area (Å²) < 4.78 is 5.09. The summed E-state index contributed by atoms with van der Waals surface area (Å²) in [7, 11) is 1.63. The highest BCUT2D eigenvalue weighted by molar-refractivity contribution is 6.06. The number of hydrogen-bond donors (Lipinski definition) is 0. The molecule has 0 aliphatic carbocycles. The fraction of sp³-hybridized carbons (Fsp3) is 0.167. The van der Waals surface area contributed by atoms with Gasteiger partial charge in [-0.2, -0.15) is 0 Å². The average molecular weight is 266 g/mol. The molecule has 0 atom stereocenters. The minimum atomic E-state index is 0.0171. The van der Waals surface area contributed by atoms with E-state index in [1.165, 1.54) is 5.56 Å². The molecule has 2 nitrogen and oxygen atoms in total. The Kier molecular flexibility index (Phi) is 4.72. The Morgan fingerprint density at radius 3 is 2.25 bits per heavy atom. The van der Waals surface area contributed by atoms with Crippen LogP contribution in [0.5, 0.6) is 5.75 Å². The first-order valence-electron chi connectivity index (χ1n) is 6.68. The quantitative estimate of drug-likeness (QED) is 0.600. The molecule has 2 rings (SSSR count). The van der Waals surface area contributed by atoms with Gasteiger partial charge in [-0.3, -0.25) is 4.79 Å². The van der Waals surface area contributed by atoms with Gasteiger partial charge in [-0.25, -0.2) is 0 Å². The number of carbonyl (C=O) groups is 1. The van der Waals surface area contributed by atoms with Gasteiger partial charge >= 0.3 is 0 Å². The number of aryl methyl sites for hydroxylation is 1. The van der Waals surface area contributed by atoms with Crippen LogP contribution < -0.4 is 4.74 Å². The van der Waals surface area contributed by atoms with Gasteiger partial charge in [-0.05, 0) is 35.8 Å². The van der Waals surface area contributed by atoms with Gasteiger partial charge in [-0.1, -0.05) is 49.4 Å². The molecule has 0 fully saturated rings. The molecule has 0 unspecified atom stereocenters. The third-order valence-electron chi connectivity index (χ3n) is 3.19. The van der Waals surface area contributed by atoms with Crippen molar-refractivity contribution in [3.05, 3.63) is 71.3 Å². The summed E-state index contributed by atoms with van der Waals surface area (Å²) in [6, 6.07) is 15.3. The Bertz CT molecular complexity index is 592. The molecule has 0 saturated heterocycles. The van der Waals surface area contributed by atoms with E-state index >= 15 is 0 Å². The highest BCUT2D eigenvalue weighted by Gasteiger charge is 2.01. The molecule has 0 aliphatic rings. The molecule has 0 saturated carbocycles. The van der Waals surface area contributed by atoms with E-state index in [1.54, 1.807) is 13.2 Å². The van der Waals surface area contributed by atoms with E-state index in [0.717, 1.165) is 17.7 Å². The van der Waals surface area contributed by atoms with Gasteiger partial charge in [0.05, 0.1) is 7.11 Å². The highest BCUT2D eigenvalue weighted by atomic mass is 16.5. The molecule has 0 aromatic heterocycles. The van der Waals surface area contributed by atoms with Crippen LogP contribution in [0.4, 0.5) is 0 Å². The van der Waals surface area contributed by atoms with Crippen LogP contribution >= 0.6 is 0 Å². The first-order valence-corrected chi connectivity index (χ1v) is 6.68. The smallest absolute Gasteiger partial charge is 0.185 e. The van der Waals surface area contributed by atoms with E-state index in [1.807, 2.05) is 54.6 Å². The number of hydrogen-bond acceptors (Lipinski definition) is 2. The van der Waals surface area contributed by atoms with E-state index < -0.39 is 0 Å². The number of ketones is 1. The fourth-order valence-corrected chi connectivity index (χ4v) is 1.89. The summed E-state index contributed by atoms with van der Waals surface area (Å²) >= 11 is 0. The van der Waals surface area contributed by atoms with Crippen molar-refractivity contribution in [2.45, 2.75) is 13.3 Å². The lowest BCUT2D eigenvalue weighted by molar-refractivity contribution is 0.104. The number of allylic oxidation sites excluding steroid dienone is 1. The summed E-state index contributed by atoms with van der Waals surface area (Å²) in [5.74, 6) is 0.826. The third-order valence-corrected chi connectivity index (χ3v) is 3.19. The van der Waals surface area contributed by atoms with Crippen molar-refractivity contribution in [2.24, 2.45) is 0 Å². The Hall–Kier alpha value is -2.35. The second-order valence-corrected chi connectivity index (χ2v) is 4.52. The Morgan fingerprint density at radius 2 is 1.70 bits per heavy atom.